The number of alkyl halides is 4. The van der Waals surface area contributed by atoms with Gasteiger partial charge in [0, 0.05) is 83.8 Å². The monoisotopic (exact) mass is 1160 g/mol. The fourth-order valence-electron chi connectivity index (χ4n) is 9.90. The minimum absolute atomic E-state index is 0.000285. The minimum Gasteiger partial charge on any atom is -0.457 e. The summed E-state index contributed by atoms with van der Waals surface area (Å²) in [6, 6.07) is 25.9. The molecule has 0 spiro atoms. The summed E-state index contributed by atoms with van der Waals surface area (Å²) in [6.45, 7) is 13.4. The van der Waals surface area contributed by atoms with E-state index in [1.165, 1.54) is 35.8 Å². The fourth-order valence-corrected chi connectivity index (χ4v) is 9.90. The highest BCUT2D eigenvalue weighted by Gasteiger charge is 2.34. The number of rotatable bonds is 14. The number of carbonyl (C=O) groups is 2. The van der Waals surface area contributed by atoms with Crippen LogP contribution in [-0.4, -0.2) is 146 Å². The molecule has 2 aliphatic heterocycles. The molecule has 1 atom stereocenters. The maximum absolute atomic E-state index is 13.8. The standard InChI is InChI=1S/C29H26F3N9O3.C29H28FN9O2/c1-4-26(42)41-11-9-40(10-12-41)25-8-6-19-27(36-25)28(34-16-33-19)35-21-13-17(2)23(15-24(21)44-29(30,31)32)43-18-5-7-22-20(14-18)37-38-39(22)3;1-4-27(40)39-12-11-38(16-20(39)15-30)26-10-7-22-28(34-26)29(32-17-31-22)33-19-5-9-25(18(2)13-19)41-21-6-8-24-23(14-21)35-36-37(24)3/h4-8,13-16H,1,9-12H2,2-3H3,(H,33,34,35);4-10,13-14,17,20H,1,11-12,15-16H2,2-3H3,(H,31,32,33). The van der Waals surface area contributed by atoms with Crippen molar-refractivity contribution in [2.75, 3.05) is 72.9 Å². The summed E-state index contributed by atoms with van der Waals surface area (Å²) < 4.78 is 74.2. The lowest BCUT2D eigenvalue weighted by molar-refractivity contribution is -0.274. The molecular weight excluding hydrogens is 1100 g/mol. The summed E-state index contributed by atoms with van der Waals surface area (Å²) in [4.78, 5) is 58.2. The average molecular weight is 1160 g/mol. The second-order valence-corrected chi connectivity index (χ2v) is 19.8. The highest BCUT2D eigenvalue weighted by Crippen LogP contribution is 2.41. The van der Waals surface area contributed by atoms with Crippen LogP contribution < -0.4 is 34.6 Å². The summed E-state index contributed by atoms with van der Waals surface area (Å²) in [5.41, 5.74) is 7.38. The summed E-state index contributed by atoms with van der Waals surface area (Å²) in [6.07, 6.45) is 0.312. The number of pyridine rings is 2. The second-order valence-electron chi connectivity index (χ2n) is 19.8. The Hall–Kier alpha value is -10.6. The molecule has 0 radical (unpaired) electrons. The summed E-state index contributed by atoms with van der Waals surface area (Å²) in [5.74, 6) is 2.99. The number of amides is 2. The lowest BCUT2D eigenvalue weighted by Crippen LogP contribution is -2.56. The van der Waals surface area contributed by atoms with E-state index >= 15 is 0 Å². The molecule has 27 heteroatoms. The van der Waals surface area contributed by atoms with Crippen molar-refractivity contribution in [3.05, 3.63) is 140 Å². The number of nitrogens with one attached hydrogen (secondary N) is 2. The third kappa shape index (κ3) is 12.3. The molecule has 8 heterocycles. The van der Waals surface area contributed by atoms with Gasteiger partial charge in [0.05, 0.1) is 33.8 Å². The zero-order chi connectivity index (χ0) is 59.5. The molecule has 0 saturated carbocycles. The van der Waals surface area contributed by atoms with Crippen LogP contribution in [0, 0.1) is 13.8 Å². The molecule has 2 aliphatic rings. The first-order valence-electron chi connectivity index (χ1n) is 26.6. The SMILES string of the molecule is C=CC(=O)N1CCN(c2ccc3ncnc(Nc4cc(C)c(Oc5ccc6c(c5)nnn6C)cc4OC(F)(F)F)c3n2)CC1.C=CC(=O)N1CCN(c2ccc3ncnc(Nc4ccc(Oc5ccc6c(c5)nnn6C)c(C)c4)c3n2)CC1CF. The van der Waals surface area contributed by atoms with Crippen molar-refractivity contribution in [3.8, 4) is 28.7 Å². The number of aromatic nitrogens is 12. The lowest BCUT2D eigenvalue weighted by Gasteiger charge is -2.40. The van der Waals surface area contributed by atoms with Crippen LogP contribution in [0.15, 0.2) is 129 Å². The van der Waals surface area contributed by atoms with Crippen LogP contribution in [-0.2, 0) is 23.7 Å². The smallest absolute Gasteiger partial charge is 0.457 e. The Morgan fingerprint density at radius 2 is 1.19 bits per heavy atom. The highest BCUT2D eigenvalue weighted by molar-refractivity contribution is 5.91. The van der Waals surface area contributed by atoms with Crippen molar-refractivity contribution >= 4 is 90.6 Å². The first-order chi connectivity index (χ1) is 41.0. The number of hydrogen-bond acceptors (Lipinski definition) is 19. The van der Waals surface area contributed by atoms with Crippen molar-refractivity contribution in [1.29, 1.82) is 0 Å². The van der Waals surface area contributed by atoms with Crippen molar-refractivity contribution in [2.24, 2.45) is 14.1 Å². The van der Waals surface area contributed by atoms with E-state index in [1.54, 1.807) is 58.6 Å². The number of anilines is 6. The molecule has 0 bridgehead atoms. The van der Waals surface area contributed by atoms with Crippen molar-refractivity contribution in [3.63, 3.8) is 0 Å². The lowest BCUT2D eigenvalue weighted by atomic mass is 10.1. The number of piperazine rings is 2. The first kappa shape index (κ1) is 56.3. The summed E-state index contributed by atoms with van der Waals surface area (Å²) in [7, 11) is 3.60. The molecule has 434 valence electrons. The predicted octanol–water partition coefficient (Wildman–Crippen LogP) is 9.21. The van der Waals surface area contributed by atoms with Gasteiger partial charge in [-0.2, -0.15) is 0 Å². The molecule has 85 heavy (non-hydrogen) atoms. The molecule has 10 aromatic rings. The minimum atomic E-state index is -4.98. The van der Waals surface area contributed by atoms with Gasteiger partial charge in [0.2, 0.25) is 11.8 Å². The Morgan fingerprint density at radius 3 is 1.76 bits per heavy atom. The van der Waals surface area contributed by atoms with E-state index in [0.29, 0.717) is 114 Å². The van der Waals surface area contributed by atoms with Gasteiger partial charge in [-0.05, 0) is 110 Å². The molecule has 2 N–H and O–H groups in total. The van der Waals surface area contributed by atoms with Crippen LogP contribution in [0.2, 0.25) is 0 Å². The summed E-state index contributed by atoms with van der Waals surface area (Å²) in [5, 5.41) is 22.5. The van der Waals surface area contributed by atoms with E-state index in [4.69, 9.17) is 19.4 Å². The van der Waals surface area contributed by atoms with Gasteiger partial charge in [-0.3, -0.25) is 9.59 Å². The zero-order valence-corrected chi connectivity index (χ0v) is 46.3. The second kappa shape index (κ2) is 23.7. The van der Waals surface area contributed by atoms with E-state index in [2.05, 4.69) is 69.1 Å². The molecule has 1 unspecified atom stereocenters. The third-order valence-corrected chi connectivity index (χ3v) is 14.3. The third-order valence-electron chi connectivity index (χ3n) is 14.3. The van der Waals surface area contributed by atoms with Gasteiger partial charge in [-0.25, -0.2) is 43.7 Å². The molecular formula is C58H54F4N18O5. The zero-order valence-electron chi connectivity index (χ0n) is 46.3. The number of aryl methyl sites for hydroxylation is 4. The van der Waals surface area contributed by atoms with Crippen molar-refractivity contribution in [2.45, 2.75) is 26.3 Å². The van der Waals surface area contributed by atoms with Gasteiger partial charge in [-0.1, -0.05) is 23.6 Å². The number of halogens is 4. The molecule has 4 aromatic carbocycles. The molecule has 0 aliphatic carbocycles. The molecule has 12 rings (SSSR count). The summed E-state index contributed by atoms with van der Waals surface area (Å²) >= 11 is 0. The van der Waals surface area contributed by atoms with Gasteiger partial charge < -0.3 is 44.4 Å². The molecule has 2 fully saturated rings. The molecule has 2 saturated heterocycles. The van der Waals surface area contributed by atoms with E-state index < -0.39 is 24.8 Å². The topological polar surface area (TPSA) is 238 Å². The van der Waals surface area contributed by atoms with E-state index in [1.807, 2.05) is 72.3 Å². The van der Waals surface area contributed by atoms with Crippen LogP contribution in [0.3, 0.4) is 0 Å². The van der Waals surface area contributed by atoms with Crippen molar-refractivity contribution < 1.29 is 41.4 Å². The van der Waals surface area contributed by atoms with Gasteiger partial charge in [-0.15, -0.1) is 23.4 Å². The van der Waals surface area contributed by atoms with Crippen LogP contribution in [0.5, 0.6) is 28.7 Å². The normalized spacial score (nSPS) is 14.5. The number of hydrogen-bond donors (Lipinski definition) is 2. The number of fused-ring (bicyclic) bond motifs is 4. The number of benzene rings is 4. The number of nitrogens with zero attached hydrogens (tertiary/aromatic N) is 16. The fraction of sp³-hybridized carbons (Fsp3) is 0.241. The van der Waals surface area contributed by atoms with Crippen LogP contribution in [0.4, 0.5) is 52.2 Å². The van der Waals surface area contributed by atoms with Crippen LogP contribution in [0.1, 0.15) is 11.1 Å². The maximum atomic E-state index is 13.8. The first-order valence-corrected chi connectivity index (χ1v) is 26.6. The predicted molar refractivity (Wildman–Crippen MR) is 310 cm³/mol. The largest absolute Gasteiger partial charge is 0.573 e. The van der Waals surface area contributed by atoms with E-state index in [0.717, 1.165) is 33.9 Å². The van der Waals surface area contributed by atoms with E-state index in [-0.39, 0.29) is 29.1 Å². The number of ether oxygens (including phenoxy) is 3. The highest BCUT2D eigenvalue weighted by atomic mass is 19.4. The Bertz CT molecular complexity index is 4190. The van der Waals surface area contributed by atoms with Crippen LogP contribution in [0.25, 0.3) is 44.1 Å². The Kier molecular flexibility index (Phi) is 15.7. The Labute approximate surface area is 482 Å². The molecule has 23 nitrogen and oxygen atoms in total. The molecule has 2 amide bonds. The maximum Gasteiger partial charge on any atom is 0.573 e. The Balaban J connectivity index is 0.000000177. The average Bonchev–Trinajstić information content (AvgIpc) is 3.76. The van der Waals surface area contributed by atoms with E-state index in [9.17, 15) is 27.2 Å². The number of carbonyl (C=O) groups excluding carboxylic acids is 2. The van der Waals surface area contributed by atoms with Gasteiger partial charge in [0.15, 0.2) is 17.4 Å². The quantitative estimate of drug-likeness (QED) is 0.0762. The van der Waals surface area contributed by atoms with Crippen molar-refractivity contribution in [1.82, 2.24) is 69.7 Å². The molecule has 6 aromatic heterocycles. The van der Waals surface area contributed by atoms with Crippen LogP contribution >= 0.6 is 0 Å². The van der Waals surface area contributed by atoms with Gasteiger partial charge >= 0.3 is 6.36 Å². The Morgan fingerprint density at radius 1 is 0.624 bits per heavy atom. The van der Waals surface area contributed by atoms with Gasteiger partial charge in [0.25, 0.3) is 0 Å². The van der Waals surface area contributed by atoms with Gasteiger partial charge in [0.1, 0.15) is 76.0 Å².